The van der Waals surface area contributed by atoms with Crippen molar-refractivity contribution >= 4 is 46.9 Å². The number of para-hydroxylation sites is 1. The van der Waals surface area contributed by atoms with Crippen LogP contribution in [0, 0.1) is 0 Å². The number of likely N-dealkylation sites (tertiary alicyclic amines) is 1. The number of hydrogen-bond donors (Lipinski definition) is 2. The van der Waals surface area contributed by atoms with Crippen LogP contribution in [-0.2, 0) is 11.3 Å². The van der Waals surface area contributed by atoms with Crippen molar-refractivity contribution in [3.63, 3.8) is 0 Å². The molecule has 7 heteroatoms. The molecule has 1 fully saturated rings. The number of carbonyl (C=O) groups excluding carboxylic acids is 2. The Kier molecular flexibility index (Phi) is 7.99. The fourth-order valence-electron chi connectivity index (χ4n) is 5.13. The van der Waals surface area contributed by atoms with Crippen LogP contribution in [0.15, 0.2) is 82.6 Å². The average Bonchev–Trinajstić information content (AvgIpc) is 3.38. The Morgan fingerprint density at radius 3 is 2.73 bits per heavy atom. The molecule has 3 aromatic rings. The van der Waals surface area contributed by atoms with Crippen molar-refractivity contribution in [2.24, 2.45) is 0 Å². The highest BCUT2D eigenvalue weighted by Gasteiger charge is 2.29. The molecule has 0 bridgehead atoms. The van der Waals surface area contributed by atoms with Gasteiger partial charge in [-0.25, -0.2) is 0 Å². The first-order valence-electron chi connectivity index (χ1n) is 12.8. The number of benzene rings is 3. The number of nitrogens with one attached hydrogen (secondary N) is 2. The van der Waals surface area contributed by atoms with Gasteiger partial charge in [0.15, 0.2) is 0 Å². The molecule has 0 saturated carbocycles. The molecule has 2 unspecified atom stereocenters. The Hall–Kier alpha value is -3.06. The average molecular weight is 533 g/mol. The molecular weight excluding hydrogens is 502 g/mol. The smallest absolute Gasteiger partial charge is 0.265 e. The lowest BCUT2D eigenvalue weighted by molar-refractivity contribution is -0.909. The van der Waals surface area contributed by atoms with Gasteiger partial charge in [-0.3, -0.25) is 9.59 Å². The number of thioether (sulfide) groups is 1. The van der Waals surface area contributed by atoms with E-state index in [2.05, 4.69) is 12.2 Å². The van der Waals surface area contributed by atoms with Crippen molar-refractivity contribution in [3.05, 3.63) is 99.4 Å². The molecular formula is C30H31ClN3O2S+. The second-order valence-electron chi connectivity index (χ2n) is 9.53. The monoisotopic (exact) mass is 532 g/mol. The standard InChI is InChI=1S/C30H30ClN3O2S/c1-2-33-16-6-9-25(33)19-32-29(35)23-14-12-21(13-15-23)18-28-30(36)34(20-22-7-5-8-24(31)17-22)26-10-3-4-11-27(26)37-28/h3-5,7-8,10-15,17-18,25H,2,6,9,16,19-20H2,1H3,(H,32,35)/p+1. The number of nitrogens with zero attached hydrogens (tertiary/aromatic N) is 1. The van der Waals surface area contributed by atoms with Gasteiger partial charge in [-0.1, -0.05) is 59.8 Å². The summed E-state index contributed by atoms with van der Waals surface area (Å²) in [5, 5.41) is 3.76. The Morgan fingerprint density at radius 2 is 1.95 bits per heavy atom. The summed E-state index contributed by atoms with van der Waals surface area (Å²) in [6, 6.07) is 23.5. The maximum atomic E-state index is 13.6. The van der Waals surface area contributed by atoms with Crippen LogP contribution in [0.3, 0.4) is 0 Å². The molecule has 5 nitrogen and oxygen atoms in total. The summed E-state index contributed by atoms with van der Waals surface area (Å²) in [5.41, 5.74) is 3.38. The Balaban J connectivity index is 1.31. The zero-order valence-electron chi connectivity index (χ0n) is 20.9. The summed E-state index contributed by atoms with van der Waals surface area (Å²) in [6.45, 7) is 5.64. The van der Waals surface area contributed by atoms with Crippen LogP contribution in [0.1, 0.15) is 41.3 Å². The second-order valence-corrected chi connectivity index (χ2v) is 11.1. The zero-order chi connectivity index (χ0) is 25.8. The van der Waals surface area contributed by atoms with Gasteiger partial charge >= 0.3 is 0 Å². The van der Waals surface area contributed by atoms with E-state index in [4.69, 9.17) is 11.6 Å². The lowest BCUT2D eigenvalue weighted by Crippen LogP contribution is -3.14. The van der Waals surface area contributed by atoms with Crippen molar-refractivity contribution < 1.29 is 14.5 Å². The molecule has 2 amide bonds. The van der Waals surface area contributed by atoms with Crippen molar-refractivity contribution in [1.29, 1.82) is 0 Å². The van der Waals surface area contributed by atoms with Crippen LogP contribution in [0.4, 0.5) is 5.69 Å². The molecule has 0 radical (unpaired) electrons. The van der Waals surface area contributed by atoms with E-state index >= 15 is 0 Å². The van der Waals surface area contributed by atoms with E-state index in [9.17, 15) is 9.59 Å². The van der Waals surface area contributed by atoms with E-state index in [0.29, 0.717) is 34.6 Å². The molecule has 5 rings (SSSR count). The lowest BCUT2D eigenvalue weighted by Gasteiger charge is -2.30. The van der Waals surface area contributed by atoms with E-state index < -0.39 is 0 Å². The van der Waals surface area contributed by atoms with Crippen molar-refractivity contribution in [3.8, 4) is 0 Å². The van der Waals surface area contributed by atoms with Gasteiger partial charge in [0.05, 0.1) is 36.8 Å². The number of anilines is 1. The first-order valence-corrected chi connectivity index (χ1v) is 14.0. The first-order chi connectivity index (χ1) is 18.0. The third-order valence-corrected chi connectivity index (χ3v) is 8.44. The van der Waals surface area contributed by atoms with Crippen LogP contribution < -0.4 is 15.1 Å². The summed E-state index contributed by atoms with van der Waals surface area (Å²) >= 11 is 7.66. The van der Waals surface area contributed by atoms with Gasteiger partial charge in [0.2, 0.25) is 0 Å². The SMILES string of the molecule is CC[NH+]1CCCC1CNC(=O)c1ccc(C=C2Sc3ccccc3N(Cc3cccc(Cl)c3)C2=O)cc1. The highest BCUT2D eigenvalue weighted by molar-refractivity contribution is 8.04. The molecule has 0 aliphatic carbocycles. The molecule has 2 aliphatic heterocycles. The fraction of sp³-hybridized carbons (Fsp3) is 0.267. The Labute approximate surface area is 227 Å². The van der Waals surface area contributed by atoms with Gasteiger partial charge in [-0.15, -0.1) is 0 Å². The zero-order valence-corrected chi connectivity index (χ0v) is 22.4. The molecule has 3 aromatic carbocycles. The van der Waals surface area contributed by atoms with E-state index in [1.165, 1.54) is 31.1 Å². The lowest BCUT2D eigenvalue weighted by atomic mass is 10.1. The van der Waals surface area contributed by atoms with Gasteiger partial charge in [-0.05, 0) is 60.5 Å². The molecule has 2 heterocycles. The fourth-order valence-corrected chi connectivity index (χ4v) is 6.40. The second kappa shape index (κ2) is 11.5. The number of amides is 2. The van der Waals surface area contributed by atoms with Crippen molar-refractivity contribution in [1.82, 2.24) is 5.32 Å². The first kappa shape index (κ1) is 25.6. The van der Waals surface area contributed by atoms with Crippen LogP contribution in [0.25, 0.3) is 6.08 Å². The van der Waals surface area contributed by atoms with Crippen molar-refractivity contribution in [2.45, 2.75) is 37.2 Å². The van der Waals surface area contributed by atoms with Crippen LogP contribution in [-0.4, -0.2) is 37.5 Å². The number of hydrogen-bond acceptors (Lipinski definition) is 3. The maximum Gasteiger partial charge on any atom is 0.265 e. The summed E-state index contributed by atoms with van der Waals surface area (Å²) in [7, 11) is 0. The molecule has 1 saturated heterocycles. The summed E-state index contributed by atoms with van der Waals surface area (Å²) in [6.07, 6.45) is 4.29. The quantitative estimate of drug-likeness (QED) is 0.429. The minimum atomic E-state index is -0.0509. The third-order valence-electron chi connectivity index (χ3n) is 7.12. The van der Waals surface area contributed by atoms with Crippen LogP contribution in [0.5, 0.6) is 0 Å². The highest BCUT2D eigenvalue weighted by atomic mass is 35.5. The molecule has 0 spiro atoms. The largest absolute Gasteiger partial charge is 0.346 e. The maximum absolute atomic E-state index is 13.6. The molecule has 2 N–H and O–H groups in total. The molecule has 0 aromatic heterocycles. The van der Waals surface area contributed by atoms with Gasteiger partial charge in [-0.2, -0.15) is 0 Å². The Bertz CT molecular complexity index is 1320. The minimum absolute atomic E-state index is 0.0497. The number of quaternary nitrogens is 1. The van der Waals surface area contributed by atoms with Crippen LogP contribution in [0.2, 0.25) is 5.02 Å². The molecule has 190 valence electrons. The number of halogens is 1. The molecule has 37 heavy (non-hydrogen) atoms. The number of likely N-dealkylation sites (N-methyl/N-ethyl adjacent to an activating group) is 1. The minimum Gasteiger partial charge on any atom is -0.346 e. The highest BCUT2D eigenvalue weighted by Crippen LogP contribution is 2.42. The topological polar surface area (TPSA) is 53.9 Å². The van der Waals surface area contributed by atoms with Gasteiger partial charge in [0.1, 0.15) is 6.04 Å². The summed E-state index contributed by atoms with van der Waals surface area (Å²) < 4.78 is 0. The summed E-state index contributed by atoms with van der Waals surface area (Å²) in [4.78, 5) is 31.3. The predicted molar refractivity (Wildman–Crippen MR) is 151 cm³/mol. The van der Waals surface area contributed by atoms with E-state index in [0.717, 1.165) is 28.3 Å². The van der Waals surface area contributed by atoms with Gasteiger partial charge < -0.3 is 15.1 Å². The number of rotatable bonds is 7. The molecule has 2 aliphatic rings. The molecule has 2 atom stereocenters. The van der Waals surface area contributed by atoms with Crippen LogP contribution >= 0.6 is 23.4 Å². The van der Waals surface area contributed by atoms with E-state index in [1.54, 1.807) is 9.80 Å². The number of carbonyl (C=O) groups is 2. The van der Waals surface area contributed by atoms with Crippen molar-refractivity contribution in [2.75, 3.05) is 24.5 Å². The summed E-state index contributed by atoms with van der Waals surface area (Å²) in [5.74, 6) is -0.101. The van der Waals surface area contributed by atoms with E-state index in [-0.39, 0.29) is 11.8 Å². The van der Waals surface area contributed by atoms with Gasteiger partial charge in [0.25, 0.3) is 11.8 Å². The van der Waals surface area contributed by atoms with E-state index in [1.807, 2.05) is 78.9 Å². The number of fused-ring (bicyclic) bond motifs is 1. The Morgan fingerprint density at radius 1 is 1.14 bits per heavy atom. The normalized spacial score (nSPS) is 20.2. The van der Waals surface area contributed by atoms with Gasteiger partial charge in [0, 0.05) is 28.3 Å². The predicted octanol–water partition coefficient (Wildman–Crippen LogP) is 4.82. The third kappa shape index (κ3) is 5.93.